The van der Waals surface area contributed by atoms with E-state index < -0.39 is 10.0 Å². The van der Waals surface area contributed by atoms with Crippen molar-refractivity contribution in [3.8, 4) is 0 Å². The average molecular weight is 299 g/mol. The van der Waals surface area contributed by atoms with Crippen molar-refractivity contribution in [3.63, 3.8) is 0 Å². The molecular weight excluding hydrogens is 274 g/mol. The Morgan fingerprint density at radius 1 is 1.20 bits per heavy atom. The van der Waals surface area contributed by atoms with Gasteiger partial charge in [0.15, 0.2) is 0 Å². The lowest BCUT2D eigenvalue weighted by atomic mass is 10.1. The predicted molar refractivity (Wildman–Crippen MR) is 81.1 cm³/mol. The summed E-state index contributed by atoms with van der Waals surface area (Å²) in [7, 11) is -3.50. The summed E-state index contributed by atoms with van der Waals surface area (Å²) >= 11 is 0. The smallest absolute Gasteiger partial charge is 0.243 e. The maximum atomic E-state index is 12.7. The van der Waals surface area contributed by atoms with Crippen LogP contribution in [0.4, 0.5) is 0 Å². The minimum absolute atomic E-state index is 0.148. The first kappa shape index (κ1) is 17.1. The van der Waals surface area contributed by atoms with Crippen LogP contribution in [-0.2, 0) is 16.6 Å². The fraction of sp³-hybridized carbons (Fsp3) is 0.600. The molecule has 1 rings (SSSR count). The molecule has 0 bridgehead atoms. The number of benzene rings is 1. The number of sulfonamides is 1. The van der Waals surface area contributed by atoms with Gasteiger partial charge in [0, 0.05) is 13.1 Å². The van der Waals surface area contributed by atoms with Crippen LogP contribution in [0, 0.1) is 19.8 Å². The Hall–Kier alpha value is -0.910. The van der Waals surface area contributed by atoms with Gasteiger partial charge in [0.1, 0.15) is 0 Å². The second kappa shape index (κ2) is 6.70. The fourth-order valence-corrected chi connectivity index (χ4v) is 4.14. The first-order valence-corrected chi connectivity index (χ1v) is 8.39. The van der Waals surface area contributed by atoms with Gasteiger partial charge in [0.2, 0.25) is 10.0 Å². The van der Waals surface area contributed by atoms with Gasteiger partial charge in [-0.05, 0) is 42.5 Å². The number of aliphatic hydroxyl groups is 1. The molecule has 1 aromatic rings. The van der Waals surface area contributed by atoms with Crippen LogP contribution in [0.15, 0.2) is 17.0 Å². The highest BCUT2D eigenvalue weighted by atomic mass is 32.2. The SMILES string of the molecule is CCN(CC(C)C)S(=O)(=O)c1cc(CO)c(C)cc1C. The molecule has 114 valence electrons. The maximum absolute atomic E-state index is 12.7. The van der Waals surface area contributed by atoms with E-state index in [1.54, 1.807) is 13.0 Å². The van der Waals surface area contributed by atoms with Gasteiger partial charge in [-0.1, -0.05) is 26.8 Å². The van der Waals surface area contributed by atoms with Crippen LogP contribution in [0.5, 0.6) is 0 Å². The van der Waals surface area contributed by atoms with Crippen LogP contribution >= 0.6 is 0 Å². The minimum Gasteiger partial charge on any atom is -0.392 e. The molecule has 0 radical (unpaired) electrons. The van der Waals surface area contributed by atoms with Crippen LogP contribution in [0.2, 0.25) is 0 Å². The molecule has 0 spiro atoms. The third-order valence-electron chi connectivity index (χ3n) is 3.34. The van der Waals surface area contributed by atoms with Gasteiger partial charge in [-0.15, -0.1) is 0 Å². The first-order chi connectivity index (χ1) is 9.23. The minimum atomic E-state index is -3.50. The van der Waals surface area contributed by atoms with E-state index in [0.717, 1.165) is 11.1 Å². The van der Waals surface area contributed by atoms with Gasteiger partial charge in [0.25, 0.3) is 0 Å². The normalized spacial score (nSPS) is 12.4. The third kappa shape index (κ3) is 3.59. The first-order valence-electron chi connectivity index (χ1n) is 6.95. The summed E-state index contributed by atoms with van der Waals surface area (Å²) in [5.41, 5.74) is 2.30. The molecule has 5 heteroatoms. The summed E-state index contributed by atoms with van der Waals surface area (Å²) in [4.78, 5) is 0.301. The van der Waals surface area contributed by atoms with Crippen LogP contribution in [0.1, 0.15) is 37.5 Å². The molecule has 0 unspecified atom stereocenters. The average Bonchev–Trinajstić information content (AvgIpc) is 2.35. The largest absolute Gasteiger partial charge is 0.392 e. The summed E-state index contributed by atoms with van der Waals surface area (Å²) in [5.74, 6) is 0.271. The van der Waals surface area contributed by atoms with E-state index in [-0.39, 0.29) is 12.5 Å². The zero-order valence-corrected chi connectivity index (χ0v) is 13.8. The Bertz CT molecular complexity index is 565. The predicted octanol–water partition coefficient (Wildman–Crippen LogP) is 2.46. The van der Waals surface area contributed by atoms with Crippen molar-refractivity contribution in [2.75, 3.05) is 13.1 Å². The van der Waals surface area contributed by atoms with Crippen LogP contribution in [-0.4, -0.2) is 30.9 Å². The molecule has 0 aromatic heterocycles. The quantitative estimate of drug-likeness (QED) is 0.878. The van der Waals surface area contributed by atoms with Gasteiger partial charge in [-0.25, -0.2) is 8.42 Å². The zero-order chi connectivity index (χ0) is 15.5. The summed E-state index contributed by atoms with van der Waals surface area (Å²) in [6, 6.07) is 3.42. The van der Waals surface area contributed by atoms with E-state index in [2.05, 4.69) is 0 Å². The lowest BCUT2D eigenvalue weighted by Crippen LogP contribution is -2.34. The van der Waals surface area contributed by atoms with Crippen molar-refractivity contribution in [1.82, 2.24) is 4.31 Å². The van der Waals surface area contributed by atoms with Gasteiger partial charge in [0.05, 0.1) is 11.5 Å². The number of rotatable bonds is 6. The van der Waals surface area contributed by atoms with E-state index in [1.807, 2.05) is 33.8 Å². The number of hydrogen-bond donors (Lipinski definition) is 1. The van der Waals surface area contributed by atoms with Gasteiger partial charge < -0.3 is 5.11 Å². The van der Waals surface area contributed by atoms with Crippen molar-refractivity contribution in [3.05, 3.63) is 28.8 Å². The summed E-state index contributed by atoms with van der Waals surface area (Å²) in [6.07, 6.45) is 0. The van der Waals surface area contributed by atoms with Crippen LogP contribution < -0.4 is 0 Å². The van der Waals surface area contributed by atoms with Crippen molar-refractivity contribution in [2.45, 2.75) is 46.1 Å². The van der Waals surface area contributed by atoms with Crippen molar-refractivity contribution < 1.29 is 13.5 Å². The highest BCUT2D eigenvalue weighted by Crippen LogP contribution is 2.24. The van der Waals surface area contributed by atoms with E-state index in [4.69, 9.17) is 0 Å². The molecule has 0 fully saturated rings. The van der Waals surface area contributed by atoms with Gasteiger partial charge in [-0.3, -0.25) is 0 Å². The molecule has 0 saturated carbocycles. The zero-order valence-electron chi connectivity index (χ0n) is 13.0. The van der Waals surface area contributed by atoms with E-state index in [9.17, 15) is 13.5 Å². The van der Waals surface area contributed by atoms with Crippen LogP contribution in [0.3, 0.4) is 0 Å². The van der Waals surface area contributed by atoms with E-state index in [0.29, 0.717) is 23.5 Å². The Kier molecular flexibility index (Phi) is 5.74. The highest BCUT2D eigenvalue weighted by Gasteiger charge is 2.26. The number of hydrogen-bond acceptors (Lipinski definition) is 3. The standard InChI is InChI=1S/C15H25NO3S/c1-6-16(9-11(2)3)20(18,19)15-8-14(10-17)12(4)7-13(15)5/h7-8,11,17H,6,9-10H2,1-5H3. The molecule has 0 aliphatic carbocycles. The topological polar surface area (TPSA) is 57.6 Å². The molecule has 1 N–H and O–H groups in total. The summed E-state index contributed by atoms with van der Waals surface area (Å²) in [6.45, 7) is 10.3. The molecular formula is C15H25NO3S. The van der Waals surface area contributed by atoms with E-state index >= 15 is 0 Å². The molecule has 20 heavy (non-hydrogen) atoms. The van der Waals surface area contributed by atoms with Gasteiger partial charge in [-0.2, -0.15) is 4.31 Å². The second-order valence-electron chi connectivity index (χ2n) is 5.55. The second-order valence-corrected chi connectivity index (χ2v) is 7.46. The van der Waals surface area contributed by atoms with Crippen molar-refractivity contribution in [1.29, 1.82) is 0 Å². The van der Waals surface area contributed by atoms with Crippen molar-refractivity contribution >= 4 is 10.0 Å². The Labute approximate surface area is 122 Å². The molecule has 0 aliphatic heterocycles. The number of aliphatic hydroxyl groups excluding tert-OH is 1. The third-order valence-corrected chi connectivity index (χ3v) is 5.43. The molecule has 0 amide bonds. The molecule has 0 atom stereocenters. The van der Waals surface area contributed by atoms with Crippen LogP contribution in [0.25, 0.3) is 0 Å². The summed E-state index contributed by atoms with van der Waals surface area (Å²) < 4.78 is 27.0. The summed E-state index contributed by atoms with van der Waals surface area (Å²) in [5, 5.41) is 9.33. The monoisotopic (exact) mass is 299 g/mol. The highest BCUT2D eigenvalue weighted by molar-refractivity contribution is 7.89. The number of aryl methyl sites for hydroxylation is 2. The molecule has 0 saturated heterocycles. The molecule has 4 nitrogen and oxygen atoms in total. The molecule has 0 heterocycles. The Morgan fingerprint density at radius 2 is 1.80 bits per heavy atom. The lowest BCUT2D eigenvalue weighted by molar-refractivity contribution is 0.280. The molecule has 0 aliphatic rings. The Balaban J connectivity index is 3.33. The fourth-order valence-electron chi connectivity index (χ4n) is 2.27. The molecule has 1 aromatic carbocycles. The number of nitrogens with zero attached hydrogens (tertiary/aromatic N) is 1. The maximum Gasteiger partial charge on any atom is 0.243 e. The van der Waals surface area contributed by atoms with E-state index in [1.165, 1.54) is 4.31 Å². The lowest BCUT2D eigenvalue weighted by Gasteiger charge is -2.24. The van der Waals surface area contributed by atoms with Crippen molar-refractivity contribution in [2.24, 2.45) is 5.92 Å². The van der Waals surface area contributed by atoms with Gasteiger partial charge >= 0.3 is 0 Å². The Morgan fingerprint density at radius 3 is 2.25 bits per heavy atom.